The van der Waals surface area contributed by atoms with Crippen molar-refractivity contribution in [1.29, 1.82) is 0 Å². The van der Waals surface area contributed by atoms with Crippen molar-refractivity contribution in [2.45, 2.75) is 0 Å². The van der Waals surface area contributed by atoms with Gasteiger partial charge in [-0.25, -0.2) is 28.7 Å². The summed E-state index contributed by atoms with van der Waals surface area (Å²) >= 11 is 0. The third-order valence-electron chi connectivity index (χ3n) is 4.31. The lowest BCUT2D eigenvalue weighted by Gasteiger charge is -2.35. The summed E-state index contributed by atoms with van der Waals surface area (Å²) in [6, 6.07) is 7.17. The maximum absolute atomic E-state index is 13.8. The van der Waals surface area contributed by atoms with Crippen molar-refractivity contribution in [3.05, 3.63) is 60.7 Å². The minimum atomic E-state index is -0.674. The molecule has 0 atom stereocenters. The van der Waals surface area contributed by atoms with Gasteiger partial charge in [-0.1, -0.05) is 6.07 Å². The molecule has 1 aliphatic rings. The molecule has 3 heterocycles. The molecule has 0 unspecified atom stereocenters. The van der Waals surface area contributed by atoms with Crippen LogP contribution >= 0.6 is 0 Å². The van der Waals surface area contributed by atoms with Gasteiger partial charge in [0.15, 0.2) is 0 Å². The lowest BCUT2D eigenvalue weighted by molar-refractivity contribution is 0.590. The number of aromatic nitrogens is 4. The third kappa shape index (κ3) is 3.76. The highest BCUT2D eigenvalue weighted by atomic mass is 19.1. The Morgan fingerprint density at radius 2 is 1.48 bits per heavy atom. The molecule has 0 amide bonds. The molecule has 1 aliphatic heterocycles. The number of nitrogens with one attached hydrogen (secondary N) is 1. The Hall–Kier alpha value is -3.36. The fraction of sp³-hybridized carbons (Fsp3) is 0.222. The van der Waals surface area contributed by atoms with Crippen molar-refractivity contribution in [1.82, 2.24) is 19.9 Å². The van der Waals surface area contributed by atoms with E-state index < -0.39 is 11.6 Å². The van der Waals surface area contributed by atoms with E-state index in [1.165, 1.54) is 24.5 Å². The molecule has 7 nitrogen and oxygen atoms in total. The molecule has 27 heavy (non-hydrogen) atoms. The van der Waals surface area contributed by atoms with Gasteiger partial charge in [-0.05, 0) is 18.2 Å². The molecular formula is C18H17F2N7. The zero-order chi connectivity index (χ0) is 18.6. The summed E-state index contributed by atoms with van der Waals surface area (Å²) in [5.41, 5.74) is -0.229. The summed E-state index contributed by atoms with van der Waals surface area (Å²) < 4.78 is 27.6. The van der Waals surface area contributed by atoms with Crippen LogP contribution in [0.25, 0.3) is 0 Å². The average Bonchev–Trinajstić information content (AvgIpc) is 2.72. The highest BCUT2D eigenvalue weighted by molar-refractivity contribution is 5.60. The van der Waals surface area contributed by atoms with Crippen molar-refractivity contribution in [3.8, 4) is 0 Å². The van der Waals surface area contributed by atoms with Crippen LogP contribution in [-0.2, 0) is 0 Å². The molecular weight excluding hydrogens is 352 g/mol. The maximum atomic E-state index is 13.8. The fourth-order valence-electron chi connectivity index (χ4n) is 2.92. The van der Waals surface area contributed by atoms with Crippen LogP contribution < -0.4 is 15.1 Å². The van der Waals surface area contributed by atoms with Crippen molar-refractivity contribution in [3.63, 3.8) is 0 Å². The van der Waals surface area contributed by atoms with Gasteiger partial charge in [-0.15, -0.1) is 0 Å². The molecule has 0 spiro atoms. The first-order chi connectivity index (χ1) is 13.2. The first-order valence-corrected chi connectivity index (χ1v) is 8.51. The van der Waals surface area contributed by atoms with Gasteiger partial charge in [-0.2, -0.15) is 0 Å². The van der Waals surface area contributed by atoms with E-state index in [1.54, 1.807) is 24.5 Å². The Labute approximate surface area is 154 Å². The van der Waals surface area contributed by atoms with Crippen LogP contribution in [0.2, 0.25) is 0 Å². The van der Waals surface area contributed by atoms with Gasteiger partial charge in [0.25, 0.3) is 0 Å². The Morgan fingerprint density at radius 3 is 2.19 bits per heavy atom. The summed E-state index contributed by atoms with van der Waals surface area (Å²) in [7, 11) is 0. The molecule has 1 saturated heterocycles. The Kier molecular flexibility index (Phi) is 4.73. The largest absolute Gasteiger partial charge is 0.353 e. The molecule has 138 valence electrons. The van der Waals surface area contributed by atoms with Gasteiger partial charge in [-0.3, -0.25) is 0 Å². The van der Waals surface area contributed by atoms with E-state index in [-0.39, 0.29) is 5.69 Å². The SMILES string of the molecule is Fc1cccc(F)c1Nc1cc(N2CCN(c3ncccn3)CC2)ncn1. The van der Waals surface area contributed by atoms with Crippen molar-refractivity contribution < 1.29 is 8.78 Å². The van der Waals surface area contributed by atoms with Gasteiger partial charge < -0.3 is 15.1 Å². The van der Waals surface area contributed by atoms with Crippen LogP contribution in [-0.4, -0.2) is 46.1 Å². The van der Waals surface area contributed by atoms with Gasteiger partial charge in [0.1, 0.15) is 35.3 Å². The van der Waals surface area contributed by atoms with Gasteiger partial charge in [0.2, 0.25) is 5.95 Å². The minimum absolute atomic E-state index is 0.229. The minimum Gasteiger partial charge on any atom is -0.353 e. The number of nitrogens with zero attached hydrogens (tertiary/aromatic N) is 6. The number of piperazine rings is 1. The van der Waals surface area contributed by atoms with Gasteiger partial charge in [0.05, 0.1) is 0 Å². The molecule has 1 N–H and O–H groups in total. The standard InChI is InChI=1S/C18H17F2N7/c19-13-3-1-4-14(20)17(13)25-15-11-16(24-12-23-15)26-7-9-27(10-8-26)18-21-5-2-6-22-18/h1-6,11-12H,7-10H2,(H,23,24,25). The highest BCUT2D eigenvalue weighted by Gasteiger charge is 2.20. The second-order valence-corrected chi connectivity index (χ2v) is 6.01. The van der Waals surface area contributed by atoms with Crippen LogP contribution in [0.3, 0.4) is 0 Å². The molecule has 1 aromatic carbocycles. The predicted octanol–water partition coefficient (Wildman–Crippen LogP) is 2.62. The van der Waals surface area contributed by atoms with Crippen molar-refractivity contribution in [2.75, 3.05) is 41.3 Å². The second-order valence-electron chi connectivity index (χ2n) is 6.01. The quantitative estimate of drug-likeness (QED) is 0.758. The first-order valence-electron chi connectivity index (χ1n) is 8.51. The number of benzene rings is 1. The van der Waals surface area contributed by atoms with Crippen LogP contribution in [0.5, 0.6) is 0 Å². The van der Waals surface area contributed by atoms with E-state index in [1.807, 2.05) is 0 Å². The zero-order valence-electron chi connectivity index (χ0n) is 14.4. The van der Waals surface area contributed by atoms with E-state index in [0.29, 0.717) is 17.6 Å². The Morgan fingerprint density at radius 1 is 0.815 bits per heavy atom. The monoisotopic (exact) mass is 369 g/mol. The predicted molar refractivity (Wildman–Crippen MR) is 98.1 cm³/mol. The Bertz CT molecular complexity index is 894. The van der Waals surface area contributed by atoms with Crippen LogP contribution in [0.1, 0.15) is 0 Å². The summed E-state index contributed by atoms with van der Waals surface area (Å²) in [4.78, 5) is 21.1. The highest BCUT2D eigenvalue weighted by Crippen LogP contribution is 2.24. The molecule has 0 aliphatic carbocycles. The zero-order valence-corrected chi connectivity index (χ0v) is 14.4. The fourth-order valence-corrected chi connectivity index (χ4v) is 2.92. The molecule has 0 radical (unpaired) electrons. The third-order valence-corrected chi connectivity index (χ3v) is 4.31. The maximum Gasteiger partial charge on any atom is 0.225 e. The molecule has 3 aromatic rings. The second kappa shape index (κ2) is 7.48. The number of anilines is 4. The van der Waals surface area contributed by atoms with Crippen molar-refractivity contribution >= 4 is 23.3 Å². The lowest BCUT2D eigenvalue weighted by Crippen LogP contribution is -2.47. The molecule has 0 saturated carbocycles. The van der Waals surface area contributed by atoms with Gasteiger partial charge in [0, 0.05) is 44.6 Å². The van der Waals surface area contributed by atoms with E-state index in [9.17, 15) is 8.78 Å². The molecule has 2 aromatic heterocycles. The molecule has 0 bridgehead atoms. The summed E-state index contributed by atoms with van der Waals surface area (Å²) in [6.07, 6.45) is 4.82. The number of halogens is 2. The Balaban J connectivity index is 1.46. The summed E-state index contributed by atoms with van der Waals surface area (Å²) in [6.45, 7) is 2.95. The van der Waals surface area contributed by atoms with E-state index in [2.05, 4.69) is 35.1 Å². The lowest BCUT2D eigenvalue weighted by atomic mass is 10.3. The van der Waals surface area contributed by atoms with Crippen molar-refractivity contribution in [2.24, 2.45) is 0 Å². The van der Waals surface area contributed by atoms with E-state index >= 15 is 0 Å². The number of rotatable bonds is 4. The van der Waals surface area contributed by atoms with E-state index in [0.717, 1.165) is 26.2 Å². The molecule has 1 fully saturated rings. The first kappa shape index (κ1) is 17.1. The van der Waals surface area contributed by atoms with Crippen LogP contribution in [0, 0.1) is 11.6 Å². The van der Waals surface area contributed by atoms with E-state index in [4.69, 9.17) is 0 Å². The topological polar surface area (TPSA) is 70.1 Å². The van der Waals surface area contributed by atoms with Crippen LogP contribution in [0.4, 0.5) is 32.1 Å². The van der Waals surface area contributed by atoms with Gasteiger partial charge >= 0.3 is 0 Å². The number of para-hydroxylation sites is 1. The number of hydrogen-bond acceptors (Lipinski definition) is 7. The molecule has 9 heteroatoms. The smallest absolute Gasteiger partial charge is 0.225 e. The molecule has 4 rings (SSSR count). The summed E-state index contributed by atoms with van der Waals surface area (Å²) in [5.74, 6) is 0.381. The normalized spacial score (nSPS) is 14.3. The summed E-state index contributed by atoms with van der Waals surface area (Å²) in [5, 5.41) is 2.70. The average molecular weight is 369 g/mol. The number of hydrogen-bond donors (Lipinski definition) is 1. The van der Waals surface area contributed by atoms with Crippen LogP contribution in [0.15, 0.2) is 49.1 Å².